The molecule has 156 valence electrons. The van der Waals surface area contributed by atoms with Crippen LogP contribution in [0.5, 0.6) is 0 Å². The standard InChI is InChI=1S/C23H27N5OS/c1-3-27(4-2)22(29)16-8-7-13-28(15-16)23(30)24-17-11-12-20-21(14-17)26-19-10-6-5-9-18(19)25-20/h5-6,9-12,14,16H,3-4,7-8,13,15H2,1-2H3,(H,24,30)/t16-/m0/s1. The molecular formula is C23H27N5OS. The maximum absolute atomic E-state index is 12.8. The fourth-order valence-electron chi connectivity index (χ4n) is 4.06. The van der Waals surface area contributed by atoms with Crippen LogP contribution in [0.4, 0.5) is 5.69 Å². The molecule has 30 heavy (non-hydrogen) atoms. The molecule has 7 heteroatoms. The second kappa shape index (κ2) is 8.92. The van der Waals surface area contributed by atoms with Crippen LogP contribution in [0.1, 0.15) is 26.7 Å². The van der Waals surface area contributed by atoms with E-state index in [2.05, 4.69) is 15.2 Å². The first-order valence-corrected chi connectivity index (χ1v) is 11.0. The minimum absolute atomic E-state index is 0.00670. The summed E-state index contributed by atoms with van der Waals surface area (Å²) >= 11 is 5.67. The molecular weight excluding hydrogens is 394 g/mol. The van der Waals surface area contributed by atoms with E-state index in [0.29, 0.717) is 11.7 Å². The number of carbonyl (C=O) groups is 1. The quantitative estimate of drug-likeness (QED) is 0.506. The predicted octanol–water partition coefficient (Wildman–Crippen LogP) is 4.06. The summed E-state index contributed by atoms with van der Waals surface area (Å²) in [4.78, 5) is 26.2. The number of aromatic nitrogens is 2. The highest BCUT2D eigenvalue weighted by atomic mass is 32.1. The third kappa shape index (κ3) is 4.21. The summed E-state index contributed by atoms with van der Waals surface area (Å²) in [5.74, 6) is 0.243. The molecule has 1 aromatic heterocycles. The molecule has 1 amide bonds. The lowest BCUT2D eigenvalue weighted by molar-refractivity contribution is -0.136. The topological polar surface area (TPSA) is 61.4 Å². The number of likely N-dealkylation sites (tertiary alicyclic amines) is 1. The van der Waals surface area contributed by atoms with Crippen LogP contribution >= 0.6 is 12.2 Å². The average Bonchev–Trinajstić information content (AvgIpc) is 2.78. The number of fused-ring (bicyclic) bond motifs is 2. The molecule has 6 nitrogen and oxygen atoms in total. The summed E-state index contributed by atoms with van der Waals surface area (Å²) in [5.41, 5.74) is 4.33. The van der Waals surface area contributed by atoms with Gasteiger partial charge in [0.1, 0.15) is 0 Å². The number of thiocarbonyl (C=S) groups is 1. The van der Waals surface area contributed by atoms with Gasteiger partial charge in [0.15, 0.2) is 5.11 Å². The fraction of sp³-hybridized carbons (Fsp3) is 0.391. The number of rotatable bonds is 4. The van der Waals surface area contributed by atoms with Crippen molar-refractivity contribution in [3.05, 3.63) is 42.5 Å². The Kier molecular flexibility index (Phi) is 6.08. The summed E-state index contributed by atoms with van der Waals surface area (Å²) in [6.07, 6.45) is 1.89. The predicted molar refractivity (Wildman–Crippen MR) is 125 cm³/mol. The van der Waals surface area contributed by atoms with Crippen molar-refractivity contribution in [2.45, 2.75) is 26.7 Å². The van der Waals surface area contributed by atoms with E-state index < -0.39 is 0 Å². The highest BCUT2D eigenvalue weighted by Gasteiger charge is 2.29. The van der Waals surface area contributed by atoms with Crippen LogP contribution in [-0.2, 0) is 4.79 Å². The van der Waals surface area contributed by atoms with Gasteiger partial charge in [-0.3, -0.25) is 4.79 Å². The zero-order valence-corrected chi connectivity index (χ0v) is 18.3. The Morgan fingerprint density at radius 3 is 2.47 bits per heavy atom. The van der Waals surface area contributed by atoms with Crippen LogP contribution in [0.3, 0.4) is 0 Å². The number of piperidine rings is 1. The van der Waals surface area contributed by atoms with E-state index in [9.17, 15) is 4.79 Å². The van der Waals surface area contributed by atoms with Gasteiger partial charge in [-0.15, -0.1) is 0 Å². The van der Waals surface area contributed by atoms with Crippen molar-refractivity contribution < 1.29 is 4.79 Å². The van der Waals surface area contributed by atoms with Gasteiger partial charge >= 0.3 is 0 Å². The second-order valence-corrected chi connectivity index (χ2v) is 8.03. The van der Waals surface area contributed by atoms with E-state index in [4.69, 9.17) is 17.2 Å². The molecule has 1 saturated heterocycles. The molecule has 0 bridgehead atoms. The SMILES string of the molecule is CCN(CC)C(=O)[C@H]1CCCN(C(=S)Nc2ccc3nc4ccccc4nc3c2)C1. The Hall–Kier alpha value is -2.80. The molecule has 1 atom stereocenters. The summed E-state index contributed by atoms with van der Waals surface area (Å²) in [6, 6.07) is 13.8. The number of hydrogen-bond donors (Lipinski definition) is 1. The molecule has 1 aliphatic heterocycles. The van der Waals surface area contributed by atoms with E-state index in [-0.39, 0.29) is 11.8 Å². The van der Waals surface area contributed by atoms with E-state index in [1.165, 1.54) is 0 Å². The molecule has 2 heterocycles. The van der Waals surface area contributed by atoms with Crippen molar-refractivity contribution in [2.24, 2.45) is 5.92 Å². The van der Waals surface area contributed by atoms with Gasteiger partial charge in [0.25, 0.3) is 0 Å². The van der Waals surface area contributed by atoms with Gasteiger partial charge in [0.05, 0.1) is 28.0 Å². The lowest BCUT2D eigenvalue weighted by Crippen LogP contribution is -2.47. The summed E-state index contributed by atoms with van der Waals surface area (Å²) in [6.45, 7) is 7.09. The van der Waals surface area contributed by atoms with Gasteiger partial charge in [0.2, 0.25) is 5.91 Å². The maximum Gasteiger partial charge on any atom is 0.227 e. The monoisotopic (exact) mass is 421 g/mol. The molecule has 1 aliphatic rings. The Morgan fingerprint density at radius 2 is 1.77 bits per heavy atom. The van der Waals surface area contributed by atoms with Crippen LogP contribution in [-0.4, -0.2) is 57.0 Å². The number of amides is 1. The molecule has 0 aliphatic carbocycles. The Morgan fingerprint density at radius 1 is 1.10 bits per heavy atom. The van der Waals surface area contributed by atoms with Crippen molar-refractivity contribution in [1.82, 2.24) is 19.8 Å². The number of nitrogens with zero attached hydrogens (tertiary/aromatic N) is 4. The average molecular weight is 422 g/mol. The van der Waals surface area contributed by atoms with Crippen LogP contribution in [0.15, 0.2) is 42.5 Å². The molecule has 4 rings (SSSR count). The number of carbonyl (C=O) groups excluding carboxylic acids is 1. The minimum Gasteiger partial charge on any atom is -0.348 e. The van der Waals surface area contributed by atoms with Crippen LogP contribution in [0, 0.1) is 5.92 Å². The highest BCUT2D eigenvalue weighted by Crippen LogP contribution is 2.22. The molecule has 0 radical (unpaired) electrons. The third-order valence-corrected chi connectivity index (χ3v) is 6.08. The first kappa shape index (κ1) is 20.5. The van der Waals surface area contributed by atoms with Crippen molar-refractivity contribution >= 4 is 51.0 Å². The largest absolute Gasteiger partial charge is 0.348 e. The van der Waals surface area contributed by atoms with Gasteiger partial charge in [-0.2, -0.15) is 0 Å². The Labute approximate surface area is 182 Å². The Bertz CT molecular complexity index is 1080. The molecule has 0 unspecified atom stereocenters. The van der Waals surface area contributed by atoms with Gasteiger partial charge in [0, 0.05) is 31.9 Å². The van der Waals surface area contributed by atoms with E-state index in [1.54, 1.807) is 0 Å². The zero-order valence-electron chi connectivity index (χ0n) is 17.5. The van der Waals surface area contributed by atoms with Gasteiger partial charge < -0.3 is 15.1 Å². The van der Waals surface area contributed by atoms with Crippen LogP contribution in [0.2, 0.25) is 0 Å². The summed E-state index contributed by atoms with van der Waals surface area (Å²) in [7, 11) is 0. The van der Waals surface area contributed by atoms with Crippen molar-refractivity contribution in [1.29, 1.82) is 0 Å². The molecule has 0 saturated carbocycles. The number of anilines is 1. The molecule has 2 aromatic carbocycles. The summed E-state index contributed by atoms with van der Waals surface area (Å²) < 4.78 is 0. The zero-order chi connectivity index (χ0) is 21.1. The number of hydrogen-bond acceptors (Lipinski definition) is 4. The van der Waals surface area contributed by atoms with Crippen LogP contribution in [0.25, 0.3) is 22.1 Å². The first-order valence-electron chi connectivity index (χ1n) is 10.6. The van der Waals surface area contributed by atoms with Crippen molar-refractivity contribution in [3.63, 3.8) is 0 Å². The Balaban J connectivity index is 1.48. The second-order valence-electron chi connectivity index (χ2n) is 7.64. The van der Waals surface area contributed by atoms with Crippen LogP contribution < -0.4 is 5.32 Å². The lowest BCUT2D eigenvalue weighted by atomic mass is 9.96. The van der Waals surface area contributed by atoms with E-state index >= 15 is 0 Å². The van der Waals surface area contributed by atoms with E-state index in [1.807, 2.05) is 61.2 Å². The van der Waals surface area contributed by atoms with Crippen molar-refractivity contribution in [2.75, 3.05) is 31.5 Å². The third-order valence-electron chi connectivity index (χ3n) is 5.72. The molecule has 0 spiro atoms. The molecule has 1 N–H and O–H groups in total. The smallest absolute Gasteiger partial charge is 0.227 e. The van der Waals surface area contributed by atoms with Crippen molar-refractivity contribution in [3.8, 4) is 0 Å². The van der Waals surface area contributed by atoms with Gasteiger partial charge in [-0.1, -0.05) is 12.1 Å². The van der Waals surface area contributed by atoms with Gasteiger partial charge in [-0.25, -0.2) is 9.97 Å². The normalized spacial score (nSPS) is 16.6. The highest BCUT2D eigenvalue weighted by molar-refractivity contribution is 7.80. The fourth-order valence-corrected chi connectivity index (χ4v) is 4.34. The lowest BCUT2D eigenvalue weighted by Gasteiger charge is -2.36. The number of para-hydroxylation sites is 2. The molecule has 1 fully saturated rings. The molecule has 3 aromatic rings. The number of nitrogens with one attached hydrogen (secondary N) is 1. The number of benzene rings is 2. The maximum atomic E-state index is 12.8. The first-order chi connectivity index (χ1) is 14.6. The van der Waals surface area contributed by atoms with E-state index in [0.717, 1.165) is 60.2 Å². The van der Waals surface area contributed by atoms with Gasteiger partial charge in [-0.05, 0) is 69.2 Å². The summed E-state index contributed by atoms with van der Waals surface area (Å²) in [5, 5.41) is 3.99. The minimum atomic E-state index is 0.00670.